The summed E-state index contributed by atoms with van der Waals surface area (Å²) in [5.41, 5.74) is 5.93. The minimum atomic E-state index is 0.246. The molecule has 0 saturated heterocycles. The third-order valence-electron chi connectivity index (χ3n) is 2.52. The second-order valence-corrected chi connectivity index (χ2v) is 3.55. The zero-order valence-corrected chi connectivity index (χ0v) is 8.50. The second kappa shape index (κ2) is 6.35. The molecular formula is C10H21NO2. The summed E-state index contributed by atoms with van der Waals surface area (Å²) in [6.45, 7) is 4.14. The summed E-state index contributed by atoms with van der Waals surface area (Å²) in [6.07, 6.45) is 5.01. The van der Waals surface area contributed by atoms with Crippen LogP contribution < -0.4 is 5.73 Å². The highest BCUT2D eigenvalue weighted by molar-refractivity contribution is 4.78. The molecule has 1 aliphatic carbocycles. The minimum absolute atomic E-state index is 0.246. The standard InChI is InChI=1S/C10H21NO2/c1-2-12-7-8-13-10-6-4-3-5-9(10)11/h9-10H,2-8,11H2,1H3. The van der Waals surface area contributed by atoms with Crippen LogP contribution in [0, 0.1) is 0 Å². The molecule has 3 heteroatoms. The van der Waals surface area contributed by atoms with Crippen molar-refractivity contribution in [3.8, 4) is 0 Å². The smallest absolute Gasteiger partial charge is 0.0727 e. The van der Waals surface area contributed by atoms with Gasteiger partial charge in [-0.05, 0) is 19.8 Å². The van der Waals surface area contributed by atoms with Crippen LogP contribution in [-0.2, 0) is 9.47 Å². The Kier molecular flexibility index (Phi) is 5.35. The van der Waals surface area contributed by atoms with Crippen LogP contribution in [0.2, 0.25) is 0 Å². The summed E-state index contributed by atoms with van der Waals surface area (Å²) in [5, 5.41) is 0. The van der Waals surface area contributed by atoms with Crippen molar-refractivity contribution in [2.75, 3.05) is 19.8 Å². The summed E-state index contributed by atoms with van der Waals surface area (Å²) in [5.74, 6) is 0. The van der Waals surface area contributed by atoms with E-state index in [1.165, 1.54) is 12.8 Å². The van der Waals surface area contributed by atoms with Gasteiger partial charge in [-0.25, -0.2) is 0 Å². The van der Waals surface area contributed by atoms with Crippen molar-refractivity contribution >= 4 is 0 Å². The fourth-order valence-corrected chi connectivity index (χ4v) is 1.74. The number of nitrogens with two attached hydrogens (primary N) is 1. The maximum atomic E-state index is 5.93. The quantitative estimate of drug-likeness (QED) is 0.660. The van der Waals surface area contributed by atoms with Gasteiger partial charge in [0.15, 0.2) is 0 Å². The third kappa shape index (κ3) is 4.07. The van der Waals surface area contributed by atoms with E-state index in [1.807, 2.05) is 6.92 Å². The van der Waals surface area contributed by atoms with Crippen LogP contribution in [0.3, 0.4) is 0 Å². The first-order valence-corrected chi connectivity index (χ1v) is 5.29. The Morgan fingerprint density at radius 1 is 1.23 bits per heavy atom. The lowest BCUT2D eigenvalue weighted by atomic mass is 9.93. The molecule has 0 radical (unpaired) electrons. The van der Waals surface area contributed by atoms with Crippen molar-refractivity contribution in [3.05, 3.63) is 0 Å². The van der Waals surface area contributed by atoms with Crippen molar-refractivity contribution in [1.29, 1.82) is 0 Å². The second-order valence-electron chi connectivity index (χ2n) is 3.55. The zero-order chi connectivity index (χ0) is 9.52. The first-order valence-electron chi connectivity index (χ1n) is 5.29. The minimum Gasteiger partial charge on any atom is -0.379 e. The molecule has 0 aromatic rings. The van der Waals surface area contributed by atoms with Crippen LogP contribution in [0.5, 0.6) is 0 Å². The zero-order valence-electron chi connectivity index (χ0n) is 8.50. The van der Waals surface area contributed by atoms with Gasteiger partial charge in [0.2, 0.25) is 0 Å². The largest absolute Gasteiger partial charge is 0.379 e. The van der Waals surface area contributed by atoms with Crippen LogP contribution in [-0.4, -0.2) is 32.0 Å². The Bertz CT molecular complexity index is 130. The van der Waals surface area contributed by atoms with Gasteiger partial charge >= 0.3 is 0 Å². The van der Waals surface area contributed by atoms with E-state index >= 15 is 0 Å². The molecular weight excluding hydrogens is 166 g/mol. The average Bonchev–Trinajstić information content (AvgIpc) is 2.15. The molecule has 0 bridgehead atoms. The molecule has 0 aromatic carbocycles. The highest BCUT2D eigenvalue weighted by atomic mass is 16.5. The van der Waals surface area contributed by atoms with E-state index in [1.54, 1.807) is 0 Å². The monoisotopic (exact) mass is 187 g/mol. The fraction of sp³-hybridized carbons (Fsp3) is 1.00. The first kappa shape index (κ1) is 11.0. The third-order valence-corrected chi connectivity index (χ3v) is 2.52. The van der Waals surface area contributed by atoms with Crippen LogP contribution >= 0.6 is 0 Å². The van der Waals surface area contributed by atoms with Crippen LogP contribution in [0.25, 0.3) is 0 Å². The van der Waals surface area contributed by atoms with E-state index in [4.69, 9.17) is 15.2 Å². The van der Waals surface area contributed by atoms with E-state index in [9.17, 15) is 0 Å². The highest BCUT2D eigenvalue weighted by Gasteiger charge is 2.21. The Labute approximate surface area is 80.6 Å². The molecule has 0 heterocycles. The van der Waals surface area contributed by atoms with Crippen LogP contribution in [0.1, 0.15) is 32.6 Å². The van der Waals surface area contributed by atoms with E-state index in [0.29, 0.717) is 13.2 Å². The Hall–Kier alpha value is -0.120. The predicted molar refractivity (Wildman–Crippen MR) is 52.7 cm³/mol. The van der Waals surface area contributed by atoms with E-state index in [-0.39, 0.29) is 12.1 Å². The molecule has 78 valence electrons. The summed E-state index contributed by atoms with van der Waals surface area (Å²) < 4.78 is 10.8. The molecule has 0 aliphatic heterocycles. The summed E-state index contributed by atoms with van der Waals surface area (Å²) >= 11 is 0. The predicted octanol–water partition coefficient (Wildman–Crippen LogP) is 1.31. The number of hydrogen-bond acceptors (Lipinski definition) is 3. The van der Waals surface area contributed by atoms with Crippen molar-refractivity contribution in [2.45, 2.75) is 44.8 Å². The molecule has 2 atom stereocenters. The summed E-state index contributed by atoms with van der Waals surface area (Å²) in [4.78, 5) is 0. The molecule has 1 aliphatic rings. The topological polar surface area (TPSA) is 44.5 Å². The number of hydrogen-bond donors (Lipinski definition) is 1. The number of rotatable bonds is 5. The van der Waals surface area contributed by atoms with E-state index < -0.39 is 0 Å². The Morgan fingerprint density at radius 3 is 2.69 bits per heavy atom. The normalized spacial score (nSPS) is 29.1. The molecule has 1 saturated carbocycles. The average molecular weight is 187 g/mol. The SMILES string of the molecule is CCOCCOC1CCCCC1N. The van der Waals surface area contributed by atoms with E-state index in [2.05, 4.69) is 0 Å². The molecule has 3 nitrogen and oxygen atoms in total. The van der Waals surface area contributed by atoms with Gasteiger partial charge in [0, 0.05) is 12.6 Å². The lowest BCUT2D eigenvalue weighted by Crippen LogP contribution is -2.39. The highest BCUT2D eigenvalue weighted by Crippen LogP contribution is 2.19. The fourth-order valence-electron chi connectivity index (χ4n) is 1.74. The molecule has 0 spiro atoms. The van der Waals surface area contributed by atoms with Gasteiger partial charge in [0.1, 0.15) is 0 Å². The molecule has 0 aromatic heterocycles. The van der Waals surface area contributed by atoms with E-state index in [0.717, 1.165) is 19.4 Å². The van der Waals surface area contributed by atoms with Crippen LogP contribution in [0.15, 0.2) is 0 Å². The van der Waals surface area contributed by atoms with Gasteiger partial charge < -0.3 is 15.2 Å². The Morgan fingerprint density at radius 2 is 2.00 bits per heavy atom. The molecule has 0 amide bonds. The first-order chi connectivity index (χ1) is 6.34. The maximum Gasteiger partial charge on any atom is 0.0727 e. The van der Waals surface area contributed by atoms with Gasteiger partial charge in [-0.15, -0.1) is 0 Å². The molecule has 1 rings (SSSR count). The Balaban J connectivity index is 2.05. The molecule has 13 heavy (non-hydrogen) atoms. The molecule has 1 fully saturated rings. The van der Waals surface area contributed by atoms with Crippen molar-refractivity contribution < 1.29 is 9.47 Å². The van der Waals surface area contributed by atoms with Gasteiger partial charge in [0.25, 0.3) is 0 Å². The lowest BCUT2D eigenvalue weighted by Gasteiger charge is -2.28. The summed E-state index contributed by atoms with van der Waals surface area (Å²) in [6, 6.07) is 0.246. The number of ether oxygens (including phenoxy) is 2. The summed E-state index contributed by atoms with van der Waals surface area (Å²) in [7, 11) is 0. The van der Waals surface area contributed by atoms with Gasteiger partial charge in [-0.1, -0.05) is 12.8 Å². The van der Waals surface area contributed by atoms with Crippen molar-refractivity contribution in [2.24, 2.45) is 5.73 Å². The molecule has 2 N–H and O–H groups in total. The van der Waals surface area contributed by atoms with Crippen molar-refractivity contribution in [3.63, 3.8) is 0 Å². The van der Waals surface area contributed by atoms with Crippen LogP contribution in [0.4, 0.5) is 0 Å². The van der Waals surface area contributed by atoms with Gasteiger partial charge in [-0.3, -0.25) is 0 Å². The van der Waals surface area contributed by atoms with Gasteiger partial charge in [0.05, 0.1) is 19.3 Å². The lowest BCUT2D eigenvalue weighted by molar-refractivity contribution is -0.0169. The maximum absolute atomic E-state index is 5.93. The van der Waals surface area contributed by atoms with Crippen molar-refractivity contribution in [1.82, 2.24) is 0 Å². The van der Waals surface area contributed by atoms with Gasteiger partial charge in [-0.2, -0.15) is 0 Å². The molecule has 2 unspecified atom stereocenters.